The number of Topliss-reactive ketones (excluding diaryl/α,β-unsaturated/α-hetero) is 1. The summed E-state index contributed by atoms with van der Waals surface area (Å²) in [4.78, 5) is 41.8. The molecule has 9 nitrogen and oxygen atoms in total. The normalized spacial score (nSPS) is 10.3. The molecule has 1 heterocycles. The minimum absolute atomic E-state index is 0.0284. The Bertz CT molecular complexity index is 827. The summed E-state index contributed by atoms with van der Waals surface area (Å²) in [5.41, 5.74) is 5.81. The van der Waals surface area contributed by atoms with Crippen LogP contribution in [0.3, 0.4) is 0 Å². The molecule has 10 heteroatoms. The second-order valence-corrected chi connectivity index (χ2v) is 5.63. The van der Waals surface area contributed by atoms with E-state index in [0.29, 0.717) is 0 Å². The van der Waals surface area contributed by atoms with Gasteiger partial charge in [-0.2, -0.15) is 0 Å². The molecule has 130 valence electrons. The molecule has 2 aromatic rings. The van der Waals surface area contributed by atoms with Crippen LogP contribution in [0.15, 0.2) is 35.6 Å². The number of carbonyl (C=O) groups is 2. The number of nitrogens with zero attached hydrogens (tertiary/aromatic N) is 3. The number of anilines is 1. The van der Waals surface area contributed by atoms with Crippen LogP contribution in [0.1, 0.15) is 27.6 Å². The average Bonchev–Trinajstić information content (AvgIpc) is 2.60. The van der Waals surface area contributed by atoms with E-state index in [0.717, 1.165) is 11.8 Å². The summed E-state index contributed by atoms with van der Waals surface area (Å²) in [6.07, 6.45) is 1.24. The molecule has 0 unspecified atom stereocenters. The summed E-state index contributed by atoms with van der Waals surface area (Å²) in [6.45, 7) is 1.87. The smallest absolute Gasteiger partial charge is 0.343 e. The van der Waals surface area contributed by atoms with Crippen LogP contribution in [0.4, 0.5) is 11.5 Å². The van der Waals surface area contributed by atoms with E-state index in [1.807, 2.05) is 0 Å². The number of rotatable bonds is 7. The first-order valence-corrected chi connectivity index (χ1v) is 8.11. The molecule has 0 spiro atoms. The maximum absolute atomic E-state index is 12.1. The molecule has 0 bridgehead atoms. The van der Waals surface area contributed by atoms with Crippen LogP contribution < -0.4 is 5.73 Å². The first kappa shape index (κ1) is 18.3. The summed E-state index contributed by atoms with van der Waals surface area (Å²) >= 11 is 1.01. The van der Waals surface area contributed by atoms with Crippen molar-refractivity contribution in [2.75, 3.05) is 18.1 Å². The van der Waals surface area contributed by atoms with Gasteiger partial charge in [0, 0.05) is 23.9 Å². The van der Waals surface area contributed by atoms with Crippen LogP contribution in [-0.2, 0) is 4.74 Å². The van der Waals surface area contributed by atoms with Gasteiger partial charge in [0.1, 0.15) is 11.4 Å². The Morgan fingerprint density at radius 1 is 1.40 bits per heavy atom. The van der Waals surface area contributed by atoms with Crippen molar-refractivity contribution in [2.24, 2.45) is 0 Å². The number of hydrogen-bond donors (Lipinski definition) is 1. The van der Waals surface area contributed by atoms with Crippen LogP contribution in [0.2, 0.25) is 0 Å². The zero-order chi connectivity index (χ0) is 18.4. The van der Waals surface area contributed by atoms with Crippen molar-refractivity contribution in [3.63, 3.8) is 0 Å². The fraction of sp³-hybridized carbons (Fsp3) is 0.200. The molecule has 0 aliphatic rings. The minimum atomic E-state index is -0.621. The van der Waals surface area contributed by atoms with Gasteiger partial charge < -0.3 is 10.5 Å². The molecular weight excluding hydrogens is 348 g/mol. The zero-order valence-corrected chi connectivity index (χ0v) is 14.0. The number of ketones is 1. The number of ether oxygens (including phenoxy) is 1. The van der Waals surface area contributed by atoms with E-state index < -0.39 is 10.9 Å². The monoisotopic (exact) mass is 362 g/mol. The first-order chi connectivity index (χ1) is 11.9. The molecule has 0 fully saturated rings. The number of benzene rings is 1. The number of aromatic nitrogens is 2. The first-order valence-electron chi connectivity index (χ1n) is 7.12. The number of non-ortho nitro benzene ring substituents is 1. The largest absolute Gasteiger partial charge is 0.462 e. The Morgan fingerprint density at radius 3 is 2.80 bits per heavy atom. The molecule has 1 aromatic heterocycles. The Balaban J connectivity index is 2.05. The van der Waals surface area contributed by atoms with Crippen molar-refractivity contribution in [1.82, 2.24) is 9.97 Å². The SMILES string of the molecule is CCOC(=O)c1cnc(SCC(=O)c2cccc([N+](=O)[O-])c2)nc1N. The molecule has 2 N–H and O–H groups in total. The second kappa shape index (κ2) is 8.20. The number of carbonyl (C=O) groups excluding carboxylic acids is 2. The predicted octanol–water partition coefficient (Wildman–Crippen LogP) is 2.12. The molecule has 0 amide bonds. The van der Waals surface area contributed by atoms with E-state index >= 15 is 0 Å². The van der Waals surface area contributed by atoms with Gasteiger partial charge in [-0.3, -0.25) is 14.9 Å². The zero-order valence-electron chi connectivity index (χ0n) is 13.2. The van der Waals surface area contributed by atoms with Gasteiger partial charge in [0.05, 0.1) is 17.3 Å². The summed E-state index contributed by atoms with van der Waals surface area (Å²) < 4.78 is 4.82. The number of esters is 1. The lowest BCUT2D eigenvalue weighted by Gasteiger charge is -2.06. The molecule has 2 rings (SSSR count). The molecule has 0 aliphatic heterocycles. The van der Waals surface area contributed by atoms with E-state index in [2.05, 4.69) is 9.97 Å². The third-order valence-corrected chi connectivity index (χ3v) is 3.86. The van der Waals surface area contributed by atoms with Crippen molar-refractivity contribution in [1.29, 1.82) is 0 Å². The van der Waals surface area contributed by atoms with E-state index in [9.17, 15) is 19.7 Å². The lowest BCUT2D eigenvalue weighted by atomic mass is 10.1. The van der Waals surface area contributed by atoms with Crippen LogP contribution in [-0.4, -0.2) is 39.0 Å². The lowest BCUT2D eigenvalue weighted by Crippen LogP contribution is -2.11. The van der Waals surface area contributed by atoms with Gasteiger partial charge >= 0.3 is 5.97 Å². The molecule has 0 radical (unpaired) electrons. The number of nitrogen functional groups attached to an aromatic ring is 1. The van der Waals surface area contributed by atoms with Gasteiger partial charge in [0.25, 0.3) is 5.69 Å². The fourth-order valence-corrected chi connectivity index (χ4v) is 2.54. The molecule has 25 heavy (non-hydrogen) atoms. The average molecular weight is 362 g/mol. The molecule has 1 aromatic carbocycles. The Morgan fingerprint density at radius 2 is 2.16 bits per heavy atom. The highest BCUT2D eigenvalue weighted by Crippen LogP contribution is 2.20. The molecule has 0 aliphatic carbocycles. The van der Waals surface area contributed by atoms with Gasteiger partial charge in [-0.25, -0.2) is 14.8 Å². The third-order valence-electron chi connectivity index (χ3n) is 3.00. The highest BCUT2D eigenvalue weighted by Gasteiger charge is 2.16. The van der Waals surface area contributed by atoms with Crippen LogP contribution >= 0.6 is 11.8 Å². The van der Waals surface area contributed by atoms with Gasteiger partial charge in [-0.15, -0.1) is 0 Å². The van der Waals surface area contributed by atoms with Gasteiger partial charge in [0.2, 0.25) is 0 Å². The van der Waals surface area contributed by atoms with Gasteiger partial charge in [0.15, 0.2) is 10.9 Å². The van der Waals surface area contributed by atoms with Gasteiger partial charge in [-0.05, 0) is 6.92 Å². The fourth-order valence-electron chi connectivity index (χ4n) is 1.82. The molecule has 0 saturated carbocycles. The molecule has 0 atom stereocenters. The number of hydrogen-bond acceptors (Lipinski definition) is 9. The van der Waals surface area contributed by atoms with Crippen molar-refractivity contribution in [2.45, 2.75) is 12.1 Å². The summed E-state index contributed by atoms with van der Waals surface area (Å²) in [5, 5.41) is 11.0. The highest BCUT2D eigenvalue weighted by atomic mass is 32.2. The topological polar surface area (TPSA) is 138 Å². The van der Waals surface area contributed by atoms with Crippen molar-refractivity contribution in [3.8, 4) is 0 Å². The van der Waals surface area contributed by atoms with Crippen molar-refractivity contribution in [3.05, 3.63) is 51.7 Å². The Kier molecular flexibility index (Phi) is 6.01. The van der Waals surface area contributed by atoms with E-state index in [1.165, 1.54) is 30.5 Å². The molecular formula is C15H14N4O5S. The summed E-state index contributed by atoms with van der Waals surface area (Å²) in [6, 6.07) is 5.46. The Labute approximate surface area is 146 Å². The Hall–Kier alpha value is -3.01. The van der Waals surface area contributed by atoms with E-state index in [4.69, 9.17) is 10.5 Å². The lowest BCUT2D eigenvalue weighted by molar-refractivity contribution is -0.384. The number of nitro groups is 1. The maximum Gasteiger partial charge on any atom is 0.343 e. The van der Waals surface area contributed by atoms with E-state index in [-0.39, 0.29) is 45.9 Å². The minimum Gasteiger partial charge on any atom is -0.462 e. The van der Waals surface area contributed by atoms with Crippen molar-refractivity contribution >= 4 is 35.0 Å². The summed E-state index contributed by atoms with van der Waals surface area (Å²) in [7, 11) is 0. The maximum atomic E-state index is 12.1. The third kappa shape index (κ3) is 4.73. The van der Waals surface area contributed by atoms with Crippen molar-refractivity contribution < 1.29 is 19.2 Å². The standard InChI is InChI=1S/C15H14N4O5S/c1-2-24-14(21)11-7-17-15(18-13(11)16)25-8-12(20)9-4-3-5-10(6-9)19(22)23/h3-7H,2,8H2,1H3,(H2,16,17,18). The highest BCUT2D eigenvalue weighted by molar-refractivity contribution is 7.99. The quantitative estimate of drug-likeness (QED) is 0.196. The number of nitro benzene ring substituents is 1. The summed E-state index contributed by atoms with van der Waals surface area (Å²) in [5.74, 6) is -1.01. The van der Waals surface area contributed by atoms with Crippen LogP contribution in [0.25, 0.3) is 0 Å². The number of nitrogens with two attached hydrogens (primary N) is 1. The predicted molar refractivity (Wildman–Crippen MR) is 90.6 cm³/mol. The second-order valence-electron chi connectivity index (χ2n) is 4.69. The van der Waals surface area contributed by atoms with E-state index in [1.54, 1.807) is 6.92 Å². The van der Waals surface area contributed by atoms with Crippen LogP contribution in [0.5, 0.6) is 0 Å². The van der Waals surface area contributed by atoms with Gasteiger partial charge in [-0.1, -0.05) is 23.9 Å². The number of thioether (sulfide) groups is 1. The van der Waals surface area contributed by atoms with Crippen LogP contribution in [0, 0.1) is 10.1 Å². The molecule has 0 saturated heterocycles.